The monoisotopic (exact) mass is 410 g/mol. The second-order valence-corrected chi connectivity index (χ2v) is 8.12. The summed E-state index contributed by atoms with van der Waals surface area (Å²) in [6, 6.07) is 9.72. The first kappa shape index (κ1) is 20.6. The van der Waals surface area contributed by atoms with Gasteiger partial charge in [0.25, 0.3) is 5.91 Å². The van der Waals surface area contributed by atoms with E-state index in [1.54, 1.807) is 17.3 Å². The van der Waals surface area contributed by atoms with E-state index in [9.17, 15) is 9.90 Å². The summed E-state index contributed by atoms with van der Waals surface area (Å²) in [5.41, 5.74) is 3.22. The molecule has 7 nitrogen and oxygen atoms in total. The number of carbonyl (C=O) groups excluding carboxylic acids is 1. The summed E-state index contributed by atoms with van der Waals surface area (Å²) in [4.78, 5) is 21.2. The van der Waals surface area contributed by atoms with Crippen LogP contribution in [0.5, 0.6) is 5.75 Å². The summed E-state index contributed by atoms with van der Waals surface area (Å²) in [6.45, 7) is 3.03. The van der Waals surface area contributed by atoms with Crippen LogP contribution in [-0.4, -0.2) is 71.7 Å². The van der Waals surface area contributed by atoms with Gasteiger partial charge in [0.1, 0.15) is 5.75 Å². The van der Waals surface area contributed by atoms with Gasteiger partial charge in [-0.1, -0.05) is 18.2 Å². The summed E-state index contributed by atoms with van der Waals surface area (Å²) in [6.07, 6.45) is 6.15. The lowest BCUT2D eigenvalue weighted by molar-refractivity contribution is -0.134. The largest absolute Gasteiger partial charge is 0.482 e. The Morgan fingerprint density at radius 3 is 3.07 bits per heavy atom. The van der Waals surface area contributed by atoms with Gasteiger partial charge in [0, 0.05) is 45.6 Å². The molecule has 160 valence electrons. The number of nitrogens with one attached hydrogen (secondary N) is 1. The van der Waals surface area contributed by atoms with Crippen molar-refractivity contribution >= 4 is 11.6 Å². The number of para-hydroxylation sites is 1. The minimum Gasteiger partial charge on any atom is -0.482 e. The number of aryl methyl sites for hydroxylation is 1. The zero-order valence-corrected chi connectivity index (χ0v) is 17.5. The molecule has 0 saturated carbocycles. The summed E-state index contributed by atoms with van der Waals surface area (Å²) >= 11 is 0. The van der Waals surface area contributed by atoms with Crippen LogP contribution in [0.15, 0.2) is 42.7 Å². The minimum atomic E-state index is -0.291. The second kappa shape index (κ2) is 9.45. The predicted octanol–water partition coefficient (Wildman–Crippen LogP) is 2.08. The van der Waals surface area contributed by atoms with E-state index in [0.29, 0.717) is 13.1 Å². The van der Waals surface area contributed by atoms with Crippen molar-refractivity contribution in [2.75, 3.05) is 45.2 Å². The number of β-amino-alcohol motifs (C(OH)–C–C–N with tert-alkyl or cyclic N) is 1. The third-order valence-corrected chi connectivity index (χ3v) is 6.00. The van der Waals surface area contributed by atoms with Crippen LogP contribution in [0.1, 0.15) is 30.0 Å². The zero-order chi connectivity index (χ0) is 20.9. The predicted molar refractivity (Wildman–Crippen MR) is 116 cm³/mol. The number of aliphatic hydroxyl groups is 1. The maximum atomic E-state index is 13.0. The van der Waals surface area contributed by atoms with Crippen molar-refractivity contribution in [1.82, 2.24) is 14.8 Å². The van der Waals surface area contributed by atoms with Crippen molar-refractivity contribution in [1.29, 1.82) is 0 Å². The second-order valence-electron chi connectivity index (χ2n) is 8.12. The number of carbonyl (C=O) groups is 1. The highest BCUT2D eigenvalue weighted by Crippen LogP contribution is 2.32. The van der Waals surface area contributed by atoms with Crippen molar-refractivity contribution < 1.29 is 14.6 Å². The van der Waals surface area contributed by atoms with E-state index in [0.717, 1.165) is 49.4 Å². The number of aromatic nitrogens is 1. The molecule has 2 atom stereocenters. The number of fused-ring (bicyclic) bond motifs is 1. The van der Waals surface area contributed by atoms with Gasteiger partial charge >= 0.3 is 0 Å². The number of hydrogen-bond acceptors (Lipinski definition) is 6. The van der Waals surface area contributed by atoms with E-state index in [1.165, 1.54) is 5.56 Å². The molecule has 2 unspecified atom stereocenters. The first-order valence-corrected chi connectivity index (χ1v) is 10.7. The third-order valence-electron chi connectivity index (χ3n) is 6.00. The number of benzene rings is 1. The van der Waals surface area contributed by atoms with Gasteiger partial charge in [0.15, 0.2) is 6.61 Å². The standard InChI is InChI=1S/C23H30N4O3/c1-26(20(18-7-3-10-24-13-18)15-27-12-9-19(28)14-27)22(29)16-30-21-8-2-5-17-6-4-11-25-23(17)21/h2-3,5,7-8,10,13,19-20,25,28H,4,6,9,11-12,14-16H2,1H3. The number of ether oxygens (including phenoxy) is 1. The summed E-state index contributed by atoms with van der Waals surface area (Å²) < 4.78 is 5.94. The molecule has 0 aliphatic carbocycles. The number of likely N-dealkylation sites (N-methyl/N-ethyl adjacent to an activating group) is 1. The van der Waals surface area contributed by atoms with Crippen LogP contribution in [0.3, 0.4) is 0 Å². The molecule has 0 bridgehead atoms. The normalized spacial score (nSPS) is 19.6. The van der Waals surface area contributed by atoms with Gasteiger partial charge in [-0.3, -0.25) is 14.7 Å². The molecular formula is C23H30N4O3. The first-order valence-electron chi connectivity index (χ1n) is 10.7. The highest BCUT2D eigenvalue weighted by atomic mass is 16.5. The maximum absolute atomic E-state index is 13.0. The topological polar surface area (TPSA) is 77.9 Å². The number of rotatable bonds is 7. The summed E-state index contributed by atoms with van der Waals surface area (Å²) in [7, 11) is 1.81. The van der Waals surface area contributed by atoms with E-state index in [2.05, 4.69) is 21.3 Å². The first-order chi connectivity index (χ1) is 14.6. The van der Waals surface area contributed by atoms with Crippen LogP contribution >= 0.6 is 0 Å². The highest BCUT2D eigenvalue weighted by molar-refractivity contribution is 5.78. The Bertz CT molecular complexity index is 861. The fourth-order valence-corrected chi connectivity index (χ4v) is 4.26. The molecule has 0 spiro atoms. The van der Waals surface area contributed by atoms with E-state index >= 15 is 0 Å². The average Bonchev–Trinajstić information content (AvgIpc) is 3.20. The lowest BCUT2D eigenvalue weighted by atomic mass is 10.0. The van der Waals surface area contributed by atoms with Gasteiger partial charge in [-0.15, -0.1) is 0 Å². The smallest absolute Gasteiger partial charge is 0.260 e. The average molecular weight is 411 g/mol. The van der Waals surface area contributed by atoms with E-state index < -0.39 is 0 Å². The molecule has 0 radical (unpaired) electrons. The fraction of sp³-hybridized carbons (Fsp3) is 0.478. The lowest BCUT2D eigenvalue weighted by Gasteiger charge is -2.32. The maximum Gasteiger partial charge on any atom is 0.260 e. The lowest BCUT2D eigenvalue weighted by Crippen LogP contribution is -2.41. The van der Waals surface area contributed by atoms with Gasteiger partial charge in [-0.2, -0.15) is 0 Å². The number of hydrogen-bond donors (Lipinski definition) is 2. The van der Waals surface area contributed by atoms with Crippen LogP contribution in [0.25, 0.3) is 0 Å². The third kappa shape index (κ3) is 4.74. The van der Waals surface area contributed by atoms with Crippen LogP contribution in [-0.2, 0) is 11.2 Å². The molecule has 30 heavy (non-hydrogen) atoms. The van der Waals surface area contributed by atoms with Crippen LogP contribution < -0.4 is 10.1 Å². The number of nitrogens with zero attached hydrogens (tertiary/aromatic N) is 3. The van der Waals surface area contributed by atoms with Crippen LogP contribution in [0, 0.1) is 0 Å². The molecular weight excluding hydrogens is 380 g/mol. The molecule has 1 aromatic heterocycles. The molecule has 2 aliphatic rings. The van der Waals surface area contributed by atoms with E-state index in [4.69, 9.17) is 4.74 Å². The van der Waals surface area contributed by atoms with Crippen molar-refractivity contribution in [3.63, 3.8) is 0 Å². The Labute approximate surface area is 177 Å². The SMILES string of the molecule is CN(C(=O)COc1cccc2c1NCCC2)C(CN1CCC(O)C1)c1cccnc1. The number of anilines is 1. The number of likely N-dealkylation sites (tertiary alicyclic amines) is 1. The van der Waals surface area contributed by atoms with Crippen molar-refractivity contribution in [2.24, 2.45) is 0 Å². The zero-order valence-electron chi connectivity index (χ0n) is 17.5. The summed E-state index contributed by atoms with van der Waals surface area (Å²) in [5.74, 6) is 0.645. The molecule has 1 amide bonds. The van der Waals surface area contributed by atoms with Crippen molar-refractivity contribution in [3.8, 4) is 5.75 Å². The van der Waals surface area contributed by atoms with Crippen LogP contribution in [0.2, 0.25) is 0 Å². The molecule has 1 aromatic carbocycles. The van der Waals surface area contributed by atoms with Crippen LogP contribution in [0.4, 0.5) is 5.69 Å². The Hall–Kier alpha value is -2.64. The quantitative estimate of drug-likeness (QED) is 0.728. The van der Waals surface area contributed by atoms with E-state index in [-0.39, 0.29) is 24.7 Å². The molecule has 2 aromatic rings. The Balaban J connectivity index is 1.44. The number of amides is 1. The van der Waals surface area contributed by atoms with Crippen molar-refractivity contribution in [2.45, 2.75) is 31.4 Å². The molecule has 1 fully saturated rings. The van der Waals surface area contributed by atoms with Gasteiger partial charge in [-0.25, -0.2) is 0 Å². The Kier molecular flexibility index (Phi) is 6.50. The molecule has 1 saturated heterocycles. The Morgan fingerprint density at radius 2 is 2.30 bits per heavy atom. The summed E-state index contributed by atoms with van der Waals surface area (Å²) in [5, 5.41) is 13.3. The minimum absolute atomic E-state index is 0.0198. The van der Waals surface area contributed by atoms with Gasteiger partial charge < -0.3 is 20.1 Å². The fourth-order valence-electron chi connectivity index (χ4n) is 4.26. The van der Waals surface area contributed by atoms with E-state index in [1.807, 2.05) is 31.3 Å². The number of pyridine rings is 1. The Morgan fingerprint density at radius 1 is 1.40 bits per heavy atom. The van der Waals surface area contributed by atoms with Gasteiger partial charge in [0.05, 0.1) is 17.8 Å². The van der Waals surface area contributed by atoms with Gasteiger partial charge in [-0.05, 0) is 42.5 Å². The molecule has 3 heterocycles. The number of aliphatic hydroxyl groups excluding tert-OH is 1. The molecule has 7 heteroatoms. The molecule has 2 N–H and O–H groups in total. The highest BCUT2D eigenvalue weighted by Gasteiger charge is 2.28. The molecule has 2 aliphatic heterocycles. The molecule has 4 rings (SSSR count). The van der Waals surface area contributed by atoms with Gasteiger partial charge in [0.2, 0.25) is 0 Å². The van der Waals surface area contributed by atoms with Crippen molar-refractivity contribution in [3.05, 3.63) is 53.9 Å².